The van der Waals surface area contributed by atoms with E-state index in [4.69, 9.17) is 21.3 Å². The molecule has 5 rings (SSSR count). The molecule has 1 unspecified atom stereocenters. The molecule has 1 saturated heterocycles. The van der Waals surface area contributed by atoms with Gasteiger partial charge in [0.15, 0.2) is 5.82 Å². The first-order chi connectivity index (χ1) is 17.8. The number of hydrogen-bond acceptors (Lipinski definition) is 7. The summed E-state index contributed by atoms with van der Waals surface area (Å²) in [7, 11) is 0. The Bertz CT molecular complexity index is 1540. The van der Waals surface area contributed by atoms with Crippen molar-refractivity contribution in [3.05, 3.63) is 92.6 Å². The first-order valence-electron chi connectivity index (χ1n) is 11.7. The molecule has 11 heteroatoms. The number of nitrogens with zero attached hydrogens (tertiary/aromatic N) is 5. The molecule has 1 atom stereocenters. The average Bonchev–Trinajstić information content (AvgIpc) is 3.43. The second kappa shape index (κ2) is 10.3. The number of ether oxygens (including phenoxy) is 1. The average molecular weight is 525 g/mol. The summed E-state index contributed by atoms with van der Waals surface area (Å²) in [6, 6.07) is 5.87. The van der Waals surface area contributed by atoms with E-state index in [9.17, 15) is 13.6 Å². The molecule has 4 aromatic heterocycles. The quantitative estimate of drug-likeness (QED) is 0.402. The Morgan fingerprint density at radius 3 is 2.73 bits per heavy atom. The highest BCUT2D eigenvalue weighted by molar-refractivity contribution is 6.31. The minimum absolute atomic E-state index is 0.0727. The molecule has 0 amide bonds. The third kappa shape index (κ3) is 5.07. The first-order valence-corrected chi connectivity index (χ1v) is 12.1. The summed E-state index contributed by atoms with van der Waals surface area (Å²) >= 11 is 6.38. The molecule has 8 nitrogen and oxygen atoms in total. The zero-order valence-electron chi connectivity index (χ0n) is 20.1. The highest BCUT2D eigenvalue weighted by Crippen LogP contribution is 2.28. The summed E-state index contributed by atoms with van der Waals surface area (Å²) in [5.74, 6) is -0.559. The predicted molar refractivity (Wildman–Crippen MR) is 134 cm³/mol. The Morgan fingerprint density at radius 1 is 1.14 bits per heavy atom. The Balaban J connectivity index is 1.48. The molecule has 0 bridgehead atoms. The lowest BCUT2D eigenvalue weighted by Gasteiger charge is -2.17. The Morgan fingerprint density at radius 2 is 1.97 bits per heavy atom. The van der Waals surface area contributed by atoms with E-state index in [0.717, 1.165) is 37.1 Å². The fourth-order valence-corrected chi connectivity index (χ4v) is 4.46. The molecule has 0 aliphatic carbocycles. The van der Waals surface area contributed by atoms with Crippen LogP contribution in [0.1, 0.15) is 35.1 Å². The van der Waals surface area contributed by atoms with Crippen LogP contribution < -0.4 is 15.6 Å². The summed E-state index contributed by atoms with van der Waals surface area (Å²) in [5, 5.41) is 3.14. The summed E-state index contributed by atoms with van der Waals surface area (Å²) < 4.78 is 34.1. The summed E-state index contributed by atoms with van der Waals surface area (Å²) in [4.78, 5) is 30.7. The smallest absolute Gasteiger partial charge is 0.277 e. The molecule has 1 N–H and O–H groups in total. The van der Waals surface area contributed by atoms with E-state index in [1.165, 1.54) is 4.57 Å². The maximum absolute atomic E-state index is 13.9. The van der Waals surface area contributed by atoms with Gasteiger partial charge < -0.3 is 10.1 Å². The van der Waals surface area contributed by atoms with Gasteiger partial charge in [-0.25, -0.2) is 18.7 Å². The topological polar surface area (TPSA) is 94.8 Å². The van der Waals surface area contributed by atoms with Crippen LogP contribution in [0.15, 0.2) is 47.7 Å². The number of halogens is 3. The van der Waals surface area contributed by atoms with Crippen molar-refractivity contribution in [2.75, 3.05) is 13.1 Å². The molecule has 1 aliphatic rings. The molecule has 1 fully saturated rings. The summed E-state index contributed by atoms with van der Waals surface area (Å²) in [5.41, 5.74) is 2.52. The normalized spacial score (nSPS) is 15.2. The fourth-order valence-electron chi connectivity index (χ4n) is 4.26. The van der Waals surface area contributed by atoms with Crippen LogP contribution in [0.25, 0.3) is 17.1 Å². The molecule has 4 aromatic rings. The van der Waals surface area contributed by atoms with E-state index in [1.807, 2.05) is 6.92 Å². The monoisotopic (exact) mass is 524 g/mol. The van der Waals surface area contributed by atoms with Crippen molar-refractivity contribution in [3.63, 3.8) is 0 Å². The molecule has 190 valence electrons. The molecule has 0 spiro atoms. The van der Waals surface area contributed by atoms with Crippen LogP contribution in [0.4, 0.5) is 8.78 Å². The van der Waals surface area contributed by atoms with Crippen molar-refractivity contribution in [3.8, 4) is 22.8 Å². The zero-order chi connectivity index (χ0) is 26.1. The van der Waals surface area contributed by atoms with Crippen molar-refractivity contribution < 1.29 is 13.5 Å². The lowest BCUT2D eigenvalue weighted by Crippen LogP contribution is -2.23. The van der Waals surface area contributed by atoms with E-state index in [1.54, 1.807) is 37.5 Å². The van der Waals surface area contributed by atoms with Gasteiger partial charge in [0.05, 0.1) is 23.3 Å². The van der Waals surface area contributed by atoms with Gasteiger partial charge in [-0.05, 0) is 44.5 Å². The number of nitrogens with one attached hydrogen (secondary N) is 1. The third-order valence-corrected chi connectivity index (χ3v) is 6.57. The van der Waals surface area contributed by atoms with E-state index in [0.29, 0.717) is 28.8 Å². The lowest BCUT2D eigenvalue weighted by atomic mass is 10.1. The number of aryl methyl sites for hydroxylation is 2. The van der Waals surface area contributed by atoms with Crippen molar-refractivity contribution in [1.29, 1.82) is 0 Å². The van der Waals surface area contributed by atoms with E-state index in [-0.39, 0.29) is 29.0 Å². The van der Waals surface area contributed by atoms with Crippen LogP contribution in [0.5, 0.6) is 5.75 Å². The Labute approximate surface area is 216 Å². The first kappa shape index (κ1) is 24.9. The van der Waals surface area contributed by atoms with Gasteiger partial charge in [-0.3, -0.25) is 19.3 Å². The van der Waals surface area contributed by atoms with Crippen LogP contribution in [-0.2, 0) is 6.61 Å². The van der Waals surface area contributed by atoms with Crippen molar-refractivity contribution in [2.45, 2.75) is 32.8 Å². The van der Waals surface area contributed by atoms with E-state index >= 15 is 0 Å². The van der Waals surface area contributed by atoms with Crippen LogP contribution in [0, 0.1) is 25.5 Å². The van der Waals surface area contributed by atoms with Gasteiger partial charge in [-0.1, -0.05) is 11.6 Å². The second-order valence-electron chi connectivity index (χ2n) is 8.82. The van der Waals surface area contributed by atoms with Gasteiger partial charge in [0.1, 0.15) is 34.7 Å². The summed E-state index contributed by atoms with van der Waals surface area (Å²) in [6.45, 7) is 5.02. The molecular formula is C26H23ClF2N6O2. The van der Waals surface area contributed by atoms with Gasteiger partial charge >= 0.3 is 0 Å². The molecule has 0 radical (unpaired) electrons. The molecule has 0 saturated carbocycles. The molecule has 37 heavy (non-hydrogen) atoms. The molecular weight excluding hydrogens is 502 g/mol. The largest absolute Gasteiger partial charge is 0.485 e. The SMILES string of the molecule is Cc1cnc(-c2ccnc(C3CCNC3)n2)cc1-n1c(C)cc(OCc2ncc(F)cc2F)c(Cl)c1=O. The van der Waals surface area contributed by atoms with Gasteiger partial charge in [0, 0.05) is 42.7 Å². The molecule has 1 aliphatic heterocycles. The minimum Gasteiger partial charge on any atom is -0.485 e. The highest BCUT2D eigenvalue weighted by atomic mass is 35.5. The molecule has 5 heterocycles. The van der Waals surface area contributed by atoms with Crippen LogP contribution in [-0.4, -0.2) is 37.6 Å². The zero-order valence-corrected chi connectivity index (χ0v) is 20.9. The lowest BCUT2D eigenvalue weighted by molar-refractivity contribution is 0.292. The van der Waals surface area contributed by atoms with Gasteiger partial charge in [0.2, 0.25) is 0 Å². The number of pyridine rings is 3. The highest BCUT2D eigenvalue weighted by Gasteiger charge is 2.21. The Hall–Kier alpha value is -3.76. The Kier molecular flexibility index (Phi) is 6.94. The van der Waals surface area contributed by atoms with Crippen molar-refractivity contribution in [2.24, 2.45) is 0 Å². The van der Waals surface area contributed by atoms with Crippen LogP contribution in [0.2, 0.25) is 5.02 Å². The minimum atomic E-state index is -0.849. The molecule has 0 aromatic carbocycles. The van der Waals surface area contributed by atoms with Gasteiger partial charge in [-0.15, -0.1) is 0 Å². The fraction of sp³-hybridized carbons (Fsp3) is 0.269. The predicted octanol–water partition coefficient (Wildman–Crippen LogP) is 4.29. The van der Waals surface area contributed by atoms with Crippen LogP contribution in [0.3, 0.4) is 0 Å². The van der Waals surface area contributed by atoms with E-state index < -0.39 is 17.2 Å². The van der Waals surface area contributed by atoms with Crippen LogP contribution >= 0.6 is 11.6 Å². The number of aromatic nitrogens is 5. The maximum atomic E-state index is 13.9. The number of hydrogen-bond donors (Lipinski definition) is 1. The van der Waals surface area contributed by atoms with Gasteiger partial charge in [-0.2, -0.15) is 0 Å². The van der Waals surface area contributed by atoms with Crippen molar-refractivity contribution >= 4 is 11.6 Å². The summed E-state index contributed by atoms with van der Waals surface area (Å²) in [6.07, 6.45) is 5.26. The standard InChI is InChI=1S/C26H23ClF2N6O2/c1-14-10-32-20(19-4-6-31-25(34-19)16-3-5-30-11-16)9-22(14)35-15(2)7-23(24(27)26(35)36)37-13-21-18(29)8-17(28)12-33-21/h4,6-10,12,16,30H,3,5,11,13H2,1-2H3. The van der Waals surface area contributed by atoms with E-state index in [2.05, 4.69) is 20.3 Å². The second-order valence-corrected chi connectivity index (χ2v) is 9.20. The maximum Gasteiger partial charge on any atom is 0.277 e. The van der Waals surface area contributed by atoms with Crippen molar-refractivity contribution in [1.82, 2.24) is 29.8 Å². The number of rotatable bonds is 6. The third-order valence-electron chi connectivity index (χ3n) is 6.23. The van der Waals surface area contributed by atoms with Gasteiger partial charge in [0.25, 0.3) is 5.56 Å².